The highest BCUT2D eigenvalue weighted by atomic mass is 16.5. The summed E-state index contributed by atoms with van der Waals surface area (Å²) in [6, 6.07) is 18.1. The molecule has 38 heavy (non-hydrogen) atoms. The first-order valence-corrected chi connectivity index (χ1v) is 13.0. The summed E-state index contributed by atoms with van der Waals surface area (Å²) in [7, 11) is 2.11. The Kier molecular flexibility index (Phi) is 6.51. The van der Waals surface area contributed by atoms with Crippen molar-refractivity contribution >= 4 is 22.8 Å². The number of amides is 1. The summed E-state index contributed by atoms with van der Waals surface area (Å²) >= 11 is 0. The Morgan fingerprint density at radius 2 is 1.84 bits per heavy atom. The molecule has 4 aromatic rings. The van der Waals surface area contributed by atoms with Gasteiger partial charge in [-0.1, -0.05) is 24.3 Å². The number of likely N-dealkylation sites (N-methyl/N-ethyl adjacent to an activating group) is 1. The van der Waals surface area contributed by atoms with Gasteiger partial charge in [-0.05, 0) is 62.7 Å². The van der Waals surface area contributed by atoms with Crippen molar-refractivity contribution in [2.45, 2.75) is 31.3 Å². The van der Waals surface area contributed by atoms with Crippen LogP contribution in [0.3, 0.4) is 0 Å². The van der Waals surface area contributed by atoms with Gasteiger partial charge in [-0.3, -0.25) is 9.69 Å². The molecule has 1 saturated carbocycles. The van der Waals surface area contributed by atoms with E-state index in [0.717, 1.165) is 41.1 Å². The molecule has 0 radical (unpaired) electrons. The van der Waals surface area contributed by atoms with Crippen molar-refractivity contribution in [1.29, 1.82) is 0 Å². The summed E-state index contributed by atoms with van der Waals surface area (Å²) in [4.78, 5) is 25.8. The van der Waals surface area contributed by atoms with E-state index in [1.54, 1.807) is 6.08 Å². The molecule has 2 aromatic carbocycles. The normalized spacial score (nSPS) is 17.6. The van der Waals surface area contributed by atoms with Crippen LogP contribution in [-0.4, -0.2) is 68.2 Å². The van der Waals surface area contributed by atoms with Gasteiger partial charge < -0.3 is 15.4 Å². The predicted octanol–water partition coefficient (Wildman–Crippen LogP) is 4.29. The first-order chi connectivity index (χ1) is 18.6. The summed E-state index contributed by atoms with van der Waals surface area (Å²) in [5, 5.41) is 5.67. The second-order valence-corrected chi connectivity index (χ2v) is 9.99. The van der Waals surface area contributed by atoms with Crippen LogP contribution in [0.4, 0.5) is 5.82 Å². The van der Waals surface area contributed by atoms with Gasteiger partial charge in [0.2, 0.25) is 5.91 Å². The second-order valence-electron chi connectivity index (χ2n) is 9.99. The number of hydrogen-bond acceptors (Lipinski definition) is 7. The maximum Gasteiger partial charge on any atom is 0.246 e. The standard InChI is InChI=1S/C29H31N7O2/c1-34(21-11-12-21)16-5-8-25(37)35-17-15-22(18-35)36-29-26(28(30)31-19-32-29)27(33-36)20-9-13-24(14-10-20)38-23-6-3-2-4-7-23/h2-10,13-14,19,21-22H,11-12,15-18H2,1H3,(H2,30,31,32). The highest BCUT2D eigenvalue weighted by molar-refractivity contribution is 5.98. The summed E-state index contributed by atoms with van der Waals surface area (Å²) in [6.45, 7) is 2.05. The van der Waals surface area contributed by atoms with Gasteiger partial charge in [0.15, 0.2) is 5.65 Å². The van der Waals surface area contributed by atoms with Crippen molar-refractivity contribution in [3.8, 4) is 22.8 Å². The number of hydrogen-bond donors (Lipinski definition) is 1. The van der Waals surface area contributed by atoms with Crippen LogP contribution in [0.25, 0.3) is 22.3 Å². The van der Waals surface area contributed by atoms with E-state index in [2.05, 4.69) is 21.9 Å². The maximum absolute atomic E-state index is 12.8. The third-order valence-corrected chi connectivity index (χ3v) is 7.27. The summed E-state index contributed by atoms with van der Waals surface area (Å²) in [5.41, 5.74) is 8.60. The minimum Gasteiger partial charge on any atom is -0.457 e. The Morgan fingerprint density at radius 3 is 2.61 bits per heavy atom. The van der Waals surface area contributed by atoms with E-state index in [9.17, 15) is 4.79 Å². The van der Waals surface area contributed by atoms with E-state index >= 15 is 0 Å². The first-order valence-electron chi connectivity index (χ1n) is 13.0. The number of fused-ring (bicyclic) bond motifs is 1. The van der Waals surface area contributed by atoms with Crippen molar-refractivity contribution < 1.29 is 9.53 Å². The maximum atomic E-state index is 12.8. The highest BCUT2D eigenvalue weighted by Gasteiger charge is 2.30. The third-order valence-electron chi connectivity index (χ3n) is 7.27. The lowest BCUT2D eigenvalue weighted by molar-refractivity contribution is -0.125. The van der Waals surface area contributed by atoms with E-state index in [-0.39, 0.29) is 11.9 Å². The van der Waals surface area contributed by atoms with Gasteiger partial charge in [0.05, 0.1) is 11.4 Å². The highest BCUT2D eigenvalue weighted by Crippen LogP contribution is 2.35. The number of para-hydroxylation sites is 1. The lowest BCUT2D eigenvalue weighted by Gasteiger charge is -2.16. The third kappa shape index (κ3) is 4.97. The molecule has 1 atom stereocenters. The van der Waals surface area contributed by atoms with Crippen LogP contribution in [0.2, 0.25) is 0 Å². The van der Waals surface area contributed by atoms with E-state index in [0.29, 0.717) is 30.6 Å². The van der Waals surface area contributed by atoms with E-state index in [1.165, 1.54) is 19.2 Å². The molecule has 6 rings (SSSR count). The van der Waals surface area contributed by atoms with Crippen molar-refractivity contribution in [1.82, 2.24) is 29.5 Å². The number of ether oxygens (including phenoxy) is 1. The van der Waals surface area contributed by atoms with Crippen molar-refractivity contribution in [3.63, 3.8) is 0 Å². The zero-order chi connectivity index (χ0) is 26.1. The molecule has 2 fully saturated rings. The molecule has 194 valence electrons. The summed E-state index contributed by atoms with van der Waals surface area (Å²) in [6.07, 6.45) is 8.44. The quantitative estimate of drug-likeness (QED) is 0.354. The van der Waals surface area contributed by atoms with Gasteiger partial charge >= 0.3 is 0 Å². The molecule has 0 bridgehead atoms. The average Bonchev–Trinajstić information content (AvgIpc) is 3.54. The molecule has 1 amide bonds. The molecular formula is C29H31N7O2. The number of carbonyl (C=O) groups excluding carboxylic acids is 1. The molecule has 0 spiro atoms. The minimum atomic E-state index is 0.00715. The number of aromatic nitrogens is 4. The van der Waals surface area contributed by atoms with E-state index < -0.39 is 0 Å². The molecule has 2 N–H and O–H groups in total. The SMILES string of the molecule is CN(CC=CC(=O)N1CCC(n2nc(-c3ccc(Oc4ccccc4)cc3)c3c(N)ncnc32)C1)C1CC1. The van der Waals surface area contributed by atoms with Crippen molar-refractivity contribution in [2.24, 2.45) is 0 Å². The molecule has 9 nitrogen and oxygen atoms in total. The Hall–Kier alpha value is -4.24. The molecule has 3 heterocycles. The van der Waals surface area contributed by atoms with Crippen LogP contribution < -0.4 is 10.5 Å². The fraction of sp³-hybridized carbons (Fsp3) is 0.310. The molecule has 1 unspecified atom stereocenters. The number of nitrogen functional groups attached to an aromatic ring is 1. The monoisotopic (exact) mass is 509 g/mol. The van der Waals surface area contributed by atoms with Gasteiger partial charge in [0.1, 0.15) is 29.3 Å². The van der Waals surface area contributed by atoms with Gasteiger partial charge in [-0.2, -0.15) is 5.10 Å². The lowest BCUT2D eigenvalue weighted by atomic mass is 10.1. The molecule has 1 aliphatic carbocycles. The van der Waals surface area contributed by atoms with Crippen molar-refractivity contribution in [3.05, 3.63) is 73.1 Å². The molecule has 2 aliphatic rings. The van der Waals surface area contributed by atoms with Crippen LogP contribution in [0, 0.1) is 0 Å². The Morgan fingerprint density at radius 1 is 1.08 bits per heavy atom. The fourth-order valence-corrected chi connectivity index (χ4v) is 4.99. The number of rotatable bonds is 8. The topological polar surface area (TPSA) is 102 Å². The minimum absolute atomic E-state index is 0.00715. The number of nitrogens with two attached hydrogens (primary N) is 1. The lowest BCUT2D eigenvalue weighted by Crippen LogP contribution is -2.28. The molecular weight excluding hydrogens is 478 g/mol. The molecule has 2 aromatic heterocycles. The molecule has 1 saturated heterocycles. The number of anilines is 1. The second kappa shape index (κ2) is 10.3. The Bertz CT molecular complexity index is 1460. The van der Waals surface area contributed by atoms with E-state index in [1.807, 2.05) is 70.3 Å². The molecule has 1 aliphatic heterocycles. The zero-order valence-electron chi connectivity index (χ0n) is 21.4. The smallest absolute Gasteiger partial charge is 0.246 e. The number of carbonyl (C=O) groups is 1. The van der Waals surface area contributed by atoms with Gasteiger partial charge in [0, 0.05) is 37.3 Å². The summed E-state index contributed by atoms with van der Waals surface area (Å²) in [5.74, 6) is 1.93. The largest absolute Gasteiger partial charge is 0.457 e. The van der Waals surface area contributed by atoms with Gasteiger partial charge in [0.25, 0.3) is 0 Å². The Labute approximate surface area is 221 Å². The van der Waals surface area contributed by atoms with Crippen LogP contribution in [0.1, 0.15) is 25.3 Å². The van der Waals surface area contributed by atoms with E-state index in [4.69, 9.17) is 15.6 Å². The zero-order valence-corrected chi connectivity index (χ0v) is 21.4. The average molecular weight is 510 g/mol. The fourth-order valence-electron chi connectivity index (χ4n) is 4.99. The number of benzene rings is 2. The van der Waals surface area contributed by atoms with Crippen LogP contribution >= 0.6 is 0 Å². The van der Waals surface area contributed by atoms with Crippen LogP contribution in [0.15, 0.2) is 73.1 Å². The van der Waals surface area contributed by atoms with Gasteiger partial charge in [-0.25, -0.2) is 14.6 Å². The number of likely N-dealkylation sites (tertiary alicyclic amines) is 1. The van der Waals surface area contributed by atoms with Crippen LogP contribution in [0.5, 0.6) is 11.5 Å². The first kappa shape index (κ1) is 24.1. The Balaban J connectivity index is 1.21. The van der Waals surface area contributed by atoms with Crippen molar-refractivity contribution in [2.75, 3.05) is 32.4 Å². The molecule has 9 heteroatoms. The van der Waals surface area contributed by atoms with Crippen LogP contribution in [-0.2, 0) is 4.79 Å². The summed E-state index contributed by atoms with van der Waals surface area (Å²) < 4.78 is 7.85. The van der Waals surface area contributed by atoms with Gasteiger partial charge in [-0.15, -0.1) is 0 Å². The number of nitrogens with zero attached hydrogens (tertiary/aromatic N) is 6. The predicted molar refractivity (Wildman–Crippen MR) is 147 cm³/mol.